The average Bonchev–Trinajstić information content (AvgIpc) is 2.98. The lowest BCUT2D eigenvalue weighted by Crippen LogP contribution is -2.07. The molecular formula is C11H5Br2FN6O2. The molecule has 3 N–H and O–H groups in total. The summed E-state index contributed by atoms with van der Waals surface area (Å²) in [6.45, 7) is 0. The second-order valence-electron chi connectivity index (χ2n) is 3.76. The summed E-state index contributed by atoms with van der Waals surface area (Å²) in [6, 6.07) is 3.16. The van der Waals surface area contributed by atoms with E-state index in [1.165, 1.54) is 6.07 Å². The Hall–Kier alpha value is -2.32. The maximum Gasteiger partial charge on any atom is 0.340 e. The van der Waals surface area contributed by atoms with Gasteiger partial charge in [0.25, 0.3) is 0 Å². The molecule has 0 spiro atoms. The van der Waals surface area contributed by atoms with Gasteiger partial charge in [0.05, 0.1) is 10.2 Å². The van der Waals surface area contributed by atoms with E-state index in [4.69, 9.17) is 10.4 Å². The van der Waals surface area contributed by atoms with Gasteiger partial charge in [0.1, 0.15) is 17.2 Å². The van der Waals surface area contributed by atoms with Gasteiger partial charge in [-0.3, -0.25) is 0 Å². The van der Waals surface area contributed by atoms with Crippen molar-refractivity contribution in [1.29, 1.82) is 5.26 Å². The maximum atomic E-state index is 14.0. The molecule has 0 aliphatic rings. The van der Waals surface area contributed by atoms with Crippen molar-refractivity contribution in [2.45, 2.75) is 0 Å². The second-order valence-corrected chi connectivity index (χ2v) is 5.47. The molecule has 0 aliphatic heterocycles. The molecule has 0 bridgehead atoms. The number of carbonyl (C=O) groups is 1. The number of hydrogen-bond acceptors (Lipinski definition) is 6. The summed E-state index contributed by atoms with van der Waals surface area (Å²) in [5.41, 5.74) is -0.646. The zero-order chi connectivity index (χ0) is 16.3. The first kappa shape index (κ1) is 16.1. The fourth-order valence-corrected chi connectivity index (χ4v) is 2.78. The van der Waals surface area contributed by atoms with Gasteiger partial charge in [-0.1, -0.05) is 0 Å². The Kier molecular flexibility index (Phi) is 4.84. The second kappa shape index (κ2) is 6.63. The summed E-state index contributed by atoms with van der Waals surface area (Å²) in [5.74, 6) is -2.39. The predicted molar refractivity (Wildman–Crippen MR) is 80.1 cm³/mol. The Morgan fingerprint density at radius 2 is 2.23 bits per heavy atom. The first-order valence-corrected chi connectivity index (χ1v) is 7.05. The topological polar surface area (TPSA) is 128 Å². The molecule has 112 valence electrons. The van der Waals surface area contributed by atoms with Gasteiger partial charge in [-0.05, 0) is 43.1 Å². The molecule has 0 aliphatic carbocycles. The number of tetrazole rings is 1. The van der Waals surface area contributed by atoms with Crippen molar-refractivity contribution < 1.29 is 14.3 Å². The number of nitrogens with one attached hydrogen (secondary N) is 2. The summed E-state index contributed by atoms with van der Waals surface area (Å²) in [4.78, 5) is 11.2. The number of anilines is 1. The van der Waals surface area contributed by atoms with E-state index >= 15 is 0 Å². The lowest BCUT2D eigenvalue weighted by atomic mass is 10.1. The van der Waals surface area contributed by atoms with Crippen LogP contribution in [0.3, 0.4) is 0 Å². The van der Waals surface area contributed by atoms with Crippen LogP contribution in [0, 0.1) is 17.1 Å². The Labute approximate surface area is 139 Å². The quantitative estimate of drug-likeness (QED) is 0.501. The summed E-state index contributed by atoms with van der Waals surface area (Å²) >= 11 is 6.07. The molecule has 2 rings (SSSR count). The fourth-order valence-electron chi connectivity index (χ4n) is 1.50. The van der Waals surface area contributed by atoms with Gasteiger partial charge in [-0.15, -0.1) is 10.2 Å². The van der Waals surface area contributed by atoms with Crippen molar-refractivity contribution in [2.24, 2.45) is 0 Å². The number of rotatable bonds is 4. The van der Waals surface area contributed by atoms with Crippen LogP contribution in [-0.2, 0) is 0 Å². The average molecular weight is 432 g/mol. The van der Waals surface area contributed by atoms with Gasteiger partial charge in [-0.25, -0.2) is 9.18 Å². The number of aromatic amines is 1. The minimum absolute atomic E-state index is 0.00928. The third kappa shape index (κ3) is 3.12. The van der Waals surface area contributed by atoms with Crippen LogP contribution in [0.15, 0.2) is 21.2 Å². The summed E-state index contributed by atoms with van der Waals surface area (Å²) in [7, 11) is 0. The van der Waals surface area contributed by atoms with Crippen LogP contribution < -0.4 is 5.32 Å². The monoisotopic (exact) mass is 430 g/mol. The molecule has 0 amide bonds. The molecule has 1 aromatic carbocycles. The third-order valence-corrected chi connectivity index (χ3v) is 3.66. The molecule has 0 saturated carbocycles. The molecule has 0 fully saturated rings. The van der Waals surface area contributed by atoms with Crippen molar-refractivity contribution in [2.75, 3.05) is 5.32 Å². The lowest BCUT2D eigenvalue weighted by Gasteiger charge is -2.11. The number of aromatic nitrogens is 4. The number of hydrogen-bond donors (Lipinski definition) is 3. The minimum Gasteiger partial charge on any atom is -0.478 e. The first-order valence-electron chi connectivity index (χ1n) is 5.47. The molecule has 8 nitrogen and oxygen atoms in total. The SMILES string of the molecule is N#CC(=CNc1c(Br)cc(Br)c(F)c1C(=O)O)c1nn[nH]n1. The van der Waals surface area contributed by atoms with E-state index in [0.29, 0.717) is 4.47 Å². The fraction of sp³-hybridized carbons (Fsp3) is 0. The smallest absolute Gasteiger partial charge is 0.340 e. The van der Waals surface area contributed by atoms with Gasteiger partial charge in [0.15, 0.2) is 5.82 Å². The Morgan fingerprint density at radius 1 is 1.50 bits per heavy atom. The number of carboxylic acids is 1. The molecular weight excluding hydrogens is 427 g/mol. The highest BCUT2D eigenvalue weighted by atomic mass is 79.9. The molecule has 2 aromatic rings. The molecule has 11 heteroatoms. The Balaban J connectivity index is 2.48. The highest BCUT2D eigenvalue weighted by Crippen LogP contribution is 2.34. The summed E-state index contributed by atoms with van der Waals surface area (Å²) < 4.78 is 14.2. The predicted octanol–water partition coefficient (Wildman–Crippen LogP) is 2.54. The van der Waals surface area contributed by atoms with E-state index in [0.717, 1.165) is 6.20 Å². The Morgan fingerprint density at radius 3 is 2.77 bits per heavy atom. The van der Waals surface area contributed by atoms with Crippen molar-refractivity contribution >= 4 is 49.1 Å². The molecule has 0 radical (unpaired) electrons. The van der Waals surface area contributed by atoms with Crippen LogP contribution >= 0.6 is 31.9 Å². The van der Waals surface area contributed by atoms with Gasteiger partial charge in [-0.2, -0.15) is 10.5 Å². The number of carboxylic acid groups (broad SMARTS) is 1. The van der Waals surface area contributed by atoms with Gasteiger partial charge < -0.3 is 10.4 Å². The van der Waals surface area contributed by atoms with Crippen LogP contribution in [0.2, 0.25) is 0 Å². The zero-order valence-corrected chi connectivity index (χ0v) is 13.6. The van der Waals surface area contributed by atoms with Crippen LogP contribution in [0.4, 0.5) is 10.1 Å². The molecule has 0 saturated heterocycles. The van der Waals surface area contributed by atoms with Crippen molar-refractivity contribution in [3.8, 4) is 6.07 Å². The van der Waals surface area contributed by atoms with Gasteiger partial charge in [0.2, 0.25) is 5.82 Å². The molecule has 1 heterocycles. The normalized spacial score (nSPS) is 11.1. The van der Waals surface area contributed by atoms with E-state index in [1.807, 2.05) is 6.07 Å². The van der Waals surface area contributed by atoms with E-state index in [9.17, 15) is 9.18 Å². The van der Waals surface area contributed by atoms with Crippen LogP contribution in [-0.4, -0.2) is 31.7 Å². The number of benzene rings is 1. The highest BCUT2D eigenvalue weighted by molar-refractivity contribution is 9.11. The number of nitriles is 1. The summed E-state index contributed by atoms with van der Waals surface area (Å²) in [5, 5.41) is 33.5. The molecule has 22 heavy (non-hydrogen) atoms. The van der Waals surface area contributed by atoms with Crippen LogP contribution in [0.1, 0.15) is 16.2 Å². The van der Waals surface area contributed by atoms with E-state index in [1.54, 1.807) is 0 Å². The molecule has 1 aromatic heterocycles. The van der Waals surface area contributed by atoms with E-state index in [2.05, 4.69) is 57.8 Å². The number of nitrogens with zero attached hydrogens (tertiary/aromatic N) is 4. The number of halogens is 3. The lowest BCUT2D eigenvalue weighted by molar-refractivity contribution is 0.0693. The first-order chi connectivity index (χ1) is 10.5. The summed E-state index contributed by atoms with van der Waals surface area (Å²) in [6.07, 6.45) is 1.16. The number of H-pyrrole nitrogens is 1. The van der Waals surface area contributed by atoms with E-state index in [-0.39, 0.29) is 21.6 Å². The van der Waals surface area contributed by atoms with Crippen LogP contribution in [0.25, 0.3) is 5.57 Å². The van der Waals surface area contributed by atoms with E-state index < -0.39 is 17.3 Å². The Bertz CT molecular complexity index is 800. The molecule has 0 atom stereocenters. The highest BCUT2D eigenvalue weighted by Gasteiger charge is 2.21. The number of aromatic carboxylic acids is 1. The molecule has 0 unspecified atom stereocenters. The third-order valence-electron chi connectivity index (χ3n) is 2.45. The van der Waals surface area contributed by atoms with Gasteiger partial charge >= 0.3 is 5.97 Å². The van der Waals surface area contributed by atoms with Crippen molar-refractivity contribution in [3.05, 3.63) is 38.4 Å². The van der Waals surface area contributed by atoms with Crippen molar-refractivity contribution in [1.82, 2.24) is 20.6 Å². The van der Waals surface area contributed by atoms with Crippen molar-refractivity contribution in [3.63, 3.8) is 0 Å². The zero-order valence-electron chi connectivity index (χ0n) is 10.4. The largest absolute Gasteiger partial charge is 0.478 e. The standard InChI is InChI=1S/C11H5Br2FN6O2/c12-5-1-6(13)9(7(8(5)14)11(21)22)16-3-4(2-15)10-17-19-20-18-10/h1,3,16H,(H,21,22)(H,17,18,19,20). The minimum atomic E-state index is -1.46. The van der Waals surface area contributed by atoms with Gasteiger partial charge in [0, 0.05) is 10.7 Å². The van der Waals surface area contributed by atoms with Crippen LogP contribution in [0.5, 0.6) is 0 Å². The maximum absolute atomic E-state index is 14.0. The number of allylic oxidation sites excluding steroid dienone is 1.